The van der Waals surface area contributed by atoms with E-state index in [4.69, 9.17) is 5.26 Å². The highest BCUT2D eigenvalue weighted by Crippen LogP contribution is 2.29. The van der Waals surface area contributed by atoms with Gasteiger partial charge in [-0.2, -0.15) is 5.26 Å². The molecule has 0 N–H and O–H groups in total. The average Bonchev–Trinajstić information content (AvgIpc) is 2.61. The summed E-state index contributed by atoms with van der Waals surface area (Å²) < 4.78 is 1.27. The molecule has 1 nitrogen and oxygen atoms in total. The zero-order valence-electron chi connectivity index (χ0n) is 7.82. The molecule has 0 spiro atoms. The number of hydrogen-bond acceptors (Lipinski definition) is 2. The molecule has 68 valence electrons. The zero-order chi connectivity index (χ0) is 9.97. The zero-order valence-corrected chi connectivity index (χ0v) is 8.64. The number of nitriles is 1. The third-order valence-corrected chi connectivity index (χ3v) is 3.35. The molecule has 0 bridgehead atoms. The van der Waals surface area contributed by atoms with Crippen LogP contribution in [0, 0.1) is 11.3 Å². The summed E-state index contributed by atoms with van der Waals surface area (Å²) >= 11 is 1.73. The lowest BCUT2D eigenvalue weighted by Gasteiger charge is -1.89. The molecule has 2 rings (SSSR count). The Morgan fingerprint density at radius 2 is 2.21 bits per heavy atom. The van der Waals surface area contributed by atoms with E-state index in [0.717, 1.165) is 5.57 Å². The minimum absolute atomic E-state index is 1.04. The molecule has 2 heteroatoms. The Balaban J connectivity index is 2.57. The molecule has 0 radical (unpaired) electrons. The fraction of sp³-hybridized carbons (Fsp3) is 0.0833. The van der Waals surface area contributed by atoms with Crippen molar-refractivity contribution in [1.82, 2.24) is 0 Å². The van der Waals surface area contributed by atoms with E-state index < -0.39 is 0 Å². The van der Waals surface area contributed by atoms with Crippen LogP contribution in [-0.4, -0.2) is 0 Å². The predicted molar refractivity (Wildman–Crippen MR) is 61.1 cm³/mol. The van der Waals surface area contributed by atoms with E-state index in [9.17, 15) is 0 Å². The van der Waals surface area contributed by atoms with Crippen molar-refractivity contribution in [3.8, 4) is 6.07 Å². The second-order valence-corrected chi connectivity index (χ2v) is 4.19. The Hall–Kier alpha value is -1.59. The van der Waals surface area contributed by atoms with Crippen molar-refractivity contribution in [2.45, 2.75) is 6.92 Å². The highest BCUT2D eigenvalue weighted by Gasteiger charge is 2.01. The Bertz CT molecular complexity index is 495. The summed E-state index contributed by atoms with van der Waals surface area (Å²) in [6.07, 6.45) is 1.59. The van der Waals surface area contributed by atoms with Crippen LogP contribution in [0.5, 0.6) is 0 Å². The topological polar surface area (TPSA) is 23.8 Å². The van der Waals surface area contributed by atoms with E-state index in [2.05, 4.69) is 24.3 Å². The van der Waals surface area contributed by atoms with Gasteiger partial charge in [0, 0.05) is 15.7 Å². The molecule has 0 saturated heterocycles. The van der Waals surface area contributed by atoms with Crippen molar-refractivity contribution in [3.63, 3.8) is 0 Å². The van der Waals surface area contributed by atoms with Gasteiger partial charge in [-0.15, -0.1) is 11.3 Å². The number of rotatable bonds is 1. The maximum atomic E-state index is 8.55. The van der Waals surface area contributed by atoms with E-state index in [1.54, 1.807) is 17.4 Å². The van der Waals surface area contributed by atoms with Crippen LogP contribution in [0.3, 0.4) is 0 Å². The van der Waals surface area contributed by atoms with Crippen molar-refractivity contribution >= 4 is 27.0 Å². The molecule has 2 aromatic rings. The minimum atomic E-state index is 1.04. The summed E-state index contributed by atoms with van der Waals surface area (Å²) in [5.74, 6) is 0. The first-order chi connectivity index (χ1) is 6.81. The van der Waals surface area contributed by atoms with Crippen molar-refractivity contribution in [3.05, 3.63) is 41.3 Å². The molecule has 14 heavy (non-hydrogen) atoms. The summed E-state index contributed by atoms with van der Waals surface area (Å²) in [7, 11) is 0. The fourth-order valence-electron chi connectivity index (χ4n) is 1.34. The molecule has 0 saturated carbocycles. The molecule has 0 aliphatic heterocycles. The molecule has 1 aromatic heterocycles. The first kappa shape index (κ1) is 8.98. The summed E-state index contributed by atoms with van der Waals surface area (Å²) in [5, 5.41) is 9.80. The van der Waals surface area contributed by atoms with E-state index in [1.807, 2.05) is 19.1 Å². The second-order valence-electron chi connectivity index (χ2n) is 3.10. The number of hydrogen-bond donors (Lipinski definition) is 0. The smallest absolute Gasteiger partial charge is 0.0915 e. The number of fused-ring (bicyclic) bond motifs is 1. The standard InChI is InChI=1S/C12H9NS/c1-9(6-7-13)12-8-10-4-2-3-5-11(10)14-12/h2-6,8H,1H3/b9-6-. The van der Waals surface area contributed by atoms with Crippen LogP contribution in [0.2, 0.25) is 0 Å². The van der Waals surface area contributed by atoms with Crippen LogP contribution in [0.15, 0.2) is 36.4 Å². The van der Waals surface area contributed by atoms with Crippen molar-refractivity contribution < 1.29 is 0 Å². The largest absolute Gasteiger partial charge is 0.193 e. The molecule has 1 aromatic carbocycles. The van der Waals surface area contributed by atoms with Crippen molar-refractivity contribution in [1.29, 1.82) is 5.26 Å². The van der Waals surface area contributed by atoms with Crippen LogP contribution in [0.4, 0.5) is 0 Å². The highest BCUT2D eigenvalue weighted by molar-refractivity contribution is 7.20. The third-order valence-electron chi connectivity index (χ3n) is 2.10. The highest BCUT2D eigenvalue weighted by atomic mass is 32.1. The quantitative estimate of drug-likeness (QED) is 0.640. The number of allylic oxidation sites excluding steroid dienone is 2. The molecule has 0 aliphatic carbocycles. The molecular formula is C12H9NS. The molecule has 0 amide bonds. The van der Waals surface area contributed by atoms with Crippen LogP contribution in [-0.2, 0) is 0 Å². The Kier molecular flexibility index (Phi) is 2.34. The van der Waals surface area contributed by atoms with E-state index in [0.29, 0.717) is 0 Å². The maximum Gasteiger partial charge on any atom is 0.0915 e. The van der Waals surface area contributed by atoms with Gasteiger partial charge in [-0.25, -0.2) is 0 Å². The van der Waals surface area contributed by atoms with Gasteiger partial charge in [0.1, 0.15) is 0 Å². The monoisotopic (exact) mass is 199 g/mol. The van der Waals surface area contributed by atoms with E-state index >= 15 is 0 Å². The summed E-state index contributed by atoms with van der Waals surface area (Å²) in [5.41, 5.74) is 1.04. The predicted octanol–water partition coefficient (Wildman–Crippen LogP) is 3.83. The average molecular weight is 199 g/mol. The van der Waals surface area contributed by atoms with Gasteiger partial charge in [0.05, 0.1) is 6.07 Å². The molecule has 0 fully saturated rings. The van der Waals surface area contributed by atoms with Gasteiger partial charge in [-0.3, -0.25) is 0 Å². The van der Waals surface area contributed by atoms with Crippen LogP contribution in [0.25, 0.3) is 15.7 Å². The first-order valence-corrected chi connectivity index (χ1v) is 5.18. The SMILES string of the molecule is C/C(=C/C#N)c1cc2ccccc2s1. The fourth-order valence-corrected chi connectivity index (χ4v) is 2.38. The van der Waals surface area contributed by atoms with Crippen LogP contribution < -0.4 is 0 Å². The lowest BCUT2D eigenvalue weighted by Crippen LogP contribution is -1.68. The van der Waals surface area contributed by atoms with Gasteiger partial charge < -0.3 is 0 Å². The molecule has 0 unspecified atom stereocenters. The lowest BCUT2D eigenvalue weighted by molar-refractivity contribution is 1.53. The molecule has 0 atom stereocenters. The molecular weight excluding hydrogens is 190 g/mol. The second kappa shape index (κ2) is 3.65. The number of benzene rings is 1. The van der Waals surface area contributed by atoms with Crippen molar-refractivity contribution in [2.75, 3.05) is 0 Å². The van der Waals surface area contributed by atoms with Gasteiger partial charge >= 0.3 is 0 Å². The summed E-state index contributed by atoms with van der Waals surface area (Å²) in [6.45, 7) is 1.97. The van der Waals surface area contributed by atoms with Crippen LogP contribution >= 0.6 is 11.3 Å². The summed E-state index contributed by atoms with van der Waals surface area (Å²) in [6, 6.07) is 12.4. The Labute approximate surface area is 86.9 Å². The Morgan fingerprint density at radius 1 is 1.43 bits per heavy atom. The third kappa shape index (κ3) is 1.55. The number of nitrogens with zero attached hydrogens (tertiary/aromatic N) is 1. The van der Waals surface area contributed by atoms with Gasteiger partial charge in [0.15, 0.2) is 0 Å². The van der Waals surface area contributed by atoms with Crippen LogP contribution in [0.1, 0.15) is 11.8 Å². The molecule has 0 aliphatic rings. The van der Waals surface area contributed by atoms with E-state index in [1.165, 1.54) is 15.0 Å². The Morgan fingerprint density at radius 3 is 2.93 bits per heavy atom. The van der Waals surface area contributed by atoms with Gasteiger partial charge in [0.2, 0.25) is 0 Å². The normalized spacial score (nSPS) is 11.6. The lowest BCUT2D eigenvalue weighted by atomic mass is 10.2. The molecule has 1 heterocycles. The minimum Gasteiger partial charge on any atom is -0.193 e. The maximum absolute atomic E-state index is 8.55. The van der Waals surface area contributed by atoms with Gasteiger partial charge in [-0.1, -0.05) is 18.2 Å². The van der Waals surface area contributed by atoms with Gasteiger partial charge in [-0.05, 0) is 30.0 Å². The first-order valence-electron chi connectivity index (χ1n) is 4.36. The van der Waals surface area contributed by atoms with Crippen molar-refractivity contribution in [2.24, 2.45) is 0 Å². The van der Waals surface area contributed by atoms with E-state index in [-0.39, 0.29) is 0 Å². The van der Waals surface area contributed by atoms with Gasteiger partial charge in [0.25, 0.3) is 0 Å². The summed E-state index contributed by atoms with van der Waals surface area (Å²) in [4.78, 5) is 1.17. The number of thiophene rings is 1.